The molecule has 2 rings (SSSR count). The second kappa shape index (κ2) is 7.92. The normalized spacial score (nSPS) is 11.3. The van der Waals surface area contributed by atoms with Gasteiger partial charge in [0.25, 0.3) is 0 Å². The van der Waals surface area contributed by atoms with E-state index in [1.54, 1.807) is 0 Å². The van der Waals surface area contributed by atoms with Gasteiger partial charge in [0, 0.05) is 22.3 Å². The van der Waals surface area contributed by atoms with Crippen LogP contribution in [0.5, 0.6) is 0 Å². The van der Waals surface area contributed by atoms with Crippen molar-refractivity contribution in [1.82, 2.24) is 10.3 Å². The second-order valence-corrected chi connectivity index (χ2v) is 7.58. The molecule has 3 nitrogen and oxygen atoms in total. The molecule has 0 aliphatic carbocycles. The van der Waals surface area contributed by atoms with Gasteiger partial charge < -0.3 is 10.2 Å². The fourth-order valence-electron chi connectivity index (χ4n) is 2.12. The number of thiophene rings is 1. The third kappa shape index (κ3) is 4.53. The van der Waals surface area contributed by atoms with Crippen LogP contribution in [0.25, 0.3) is 0 Å². The molecular weight excluding hydrogens is 298 g/mol. The highest BCUT2D eigenvalue weighted by molar-refractivity contribution is 7.15. The van der Waals surface area contributed by atoms with Gasteiger partial charge in [-0.2, -0.15) is 0 Å². The maximum atomic E-state index is 4.80. The number of rotatable bonds is 8. The smallest absolute Gasteiger partial charge is 0.186 e. The lowest BCUT2D eigenvalue weighted by molar-refractivity contribution is 0.677. The summed E-state index contributed by atoms with van der Waals surface area (Å²) in [5.74, 6) is 0. The molecule has 0 radical (unpaired) electrons. The molecule has 0 aliphatic rings. The van der Waals surface area contributed by atoms with Gasteiger partial charge in [0.15, 0.2) is 5.13 Å². The van der Waals surface area contributed by atoms with Crippen LogP contribution < -0.4 is 10.2 Å². The number of hydrogen-bond donors (Lipinski definition) is 1. The van der Waals surface area contributed by atoms with Crippen molar-refractivity contribution in [3.63, 3.8) is 0 Å². The van der Waals surface area contributed by atoms with Crippen LogP contribution in [0, 0.1) is 6.92 Å². The number of hydrogen-bond acceptors (Lipinski definition) is 5. The minimum Gasteiger partial charge on any atom is -0.341 e. The van der Waals surface area contributed by atoms with Crippen LogP contribution in [0.4, 0.5) is 5.13 Å². The van der Waals surface area contributed by atoms with Crippen molar-refractivity contribution in [2.24, 2.45) is 0 Å². The van der Waals surface area contributed by atoms with Crippen LogP contribution in [0.1, 0.15) is 42.6 Å². The molecule has 2 aromatic rings. The average molecular weight is 324 g/mol. The number of anilines is 1. The van der Waals surface area contributed by atoms with Crippen molar-refractivity contribution in [2.75, 3.05) is 11.4 Å². The van der Waals surface area contributed by atoms with Crippen LogP contribution in [0.15, 0.2) is 17.5 Å². The molecule has 0 saturated carbocycles. The van der Waals surface area contributed by atoms with Crippen LogP contribution in [-0.4, -0.2) is 17.6 Å². The summed E-state index contributed by atoms with van der Waals surface area (Å²) in [6.07, 6.45) is 1.17. The predicted octanol–water partition coefficient (Wildman–Crippen LogP) is 4.43. The summed E-state index contributed by atoms with van der Waals surface area (Å²) in [5, 5.41) is 6.76. The molecule has 2 heterocycles. The molecule has 21 heavy (non-hydrogen) atoms. The molecular formula is C16H25N3S2. The number of nitrogens with one attached hydrogen (secondary N) is 1. The zero-order valence-electron chi connectivity index (χ0n) is 13.3. The van der Waals surface area contributed by atoms with Crippen molar-refractivity contribution in [1.29, 1.82) is 0 Å². The first kappa shape index (κ1) is 16.5. The first-order valence-electron chi connectivity index (χ1n) is 7.57. The van der Waals surface area contributed by atoms with E-state index in [9.17, 15) is 0 Å². The van der Waals surface area contributed by atoms with E-state index in [1.165, 1.54) is 16.2 Å². The van der Waals surface area contributed by atoms with Crippen molar-refractivity contribution < 1.29 is 0 Å². The molecule has 0 aromatic carbocycles. The lowest BCUT2D eigenvalue weighted by atomic mass is 10.3. The molecule has 0 amide bonds. The highest BCUT2D eigenvalue weighted by Gasteiger charge is 2.17. The SMILES string of the molecule is CCCNCc1sc(N(Cc2cccs2)C(C)C)nc1C. The monoisotopic (exact) mass is 323 g/mol. The first-order valence-corrected chi connectivity index (χ1v) is 9.27. The summed E-state index contributed by atoms with van der Waals surface area (Å²) in [4.78, 5) is 9.94. The van der Waals surface area contributed by atoms with Gasteiger partial charge in [0.1, 0.15) is 0 Å². The molecule has 0 spiro atoms. The van der Waals surface area contributed by atoms with Gasteiger partial charge in [-0.25, -0.2) is 4.98 Å². The van der Waals surface area contributed by atoms with Crippen molar-refractivity contribution >= 4 is 27.8 Å². The second-order valence-electron chi connectivity index (χ2n) is 5.48. The van der Waals surface area contributed by atoms with E-state index in [4.69, 9.17) is 4.98 Å². The van der Waals surface area contributed by atoms with Gasteiger partial charge in [-0.1, -0.05) is 13.0 Å². The highest BCUT2D eigenvalue weighted by atomic mass is 32.1. The summed E-state index contributed by atoms with van der Waals surface area (Å²) in [6.45, 7) is 11.7. The maximum Gasteiger partial charge on any atom is 0.186 e. The van der Waals surface area contributed by atoms with Crippen molar-refractivity contribution in [3.8, 4) is 0 Å². The van der Waals surface area contributed by atoms with E-state index >= 15 is 0 Å². The Bertz CT molecular complexity index is 532. The van der Waals surface area contributed by atoms with E-state index in [2.05, 4.69) is 55.4 Å². The molecule has 0 aliphatic heterocycles. The Balaban J connectivity index is 2.11. The first-order chi connectivity index (χ1) is 10.1. The Kier molecular flexibility index (Phi) is 6.21. The van der Waals surface area contributed by atoms with Crippen LogP contribution in [0.2, 0.25) is 0 Å². The lowest BCUT2D eigenvalue weighted by Crippen LogP contribution is -2.29. The van der Waals surface area contributed by atoms with Gasteiger partial charge in [0.05, 0.1) is 12.2 Å². The van der Waals surface area contributed by atoms with Crippen molar-refractivity contribution in [3.05, 3.63) is 33.0 Å². The lowest BCUT2D eigenvalue weighted by Gasteiger charge is -2.25. The predicted molar refractivity (Wildman–Crippen MR) is 94.5 cm³/mol. The molecule has 2 aromatic heterocycles. The Morgan fingerprint density at radius 1 is 1.38 bits per heavy atom. The summed E-state index contributed by atoms with van der Waals surface area (Å²) in [6, 6.07) is 4.77. The zero-order chi connectivity index (χ0) is 15.2. The standard InChI is InChI=1S/C16H25N3S2/c1-5-8-17-10-15-13(4)18-16(21-15)19(12(2)3)11-14-7-6-9-20-14/h6-7,9,12,17H,5,8,10-11H2,1-4H3. The molecule has 0 fully saturated rings. The molecule has 116 valence electrons. The molecule has 1 N–H and O–H groups in total. The van der Waals surface area contributed by atoms with Gasteiger partial charge in [0.2, 0.25) is 0 Å². The van der Waals surface area contributed by atoms with E-state index in [-0.39, 0.29) is 0 Å². The third-order valence-electron chi connectivity index (χ3n) is 3.37. The van der Waals surface area contributed by atoms with Gasteiger partial charge in [-0.15, -0.1) is 22.7 Å². The van der Waals surface area contributed by atoms with Gasteiger partial charge >= 0.3 is 0 Å². The highest BCUT2D eigenvalue weighted by Crippen LogP contribution is 2.29. The largest absolute Gasteiger partial charge is 0.341 e. The molecule has 0 atom stereocenters. The molecule has 5 heteroatoms. The minimum atomic E-state index is 0.453. The fourth-order valence-corrected chi connectivity index (χ4v) is 3.99. The number of aromatic nitrogens is 1. The molecule has 0 unspecified atom stereocenters. The average Bonchev–Trinajstić information content (AvgIpc) is 3.06. The fraction of sp³-hybridized carbons (Fsp3) is 0.562. The minimum absolute atomic E-state index is 0.453. The number of nitrogens with zero attached hydrogens (tertiary/aromatic N) is 2. The molecule has 0 bridgehead atoms. The van der Waals surface area contributed by atoms with E-state index in [0.29, 0.717) is 6.04 Å². The Labute approximate surface area is 136 Å². The summed E-state index contributed by atoms with van der Waals surface area (Å²) < 4.78 is 0. The number of thiazole rings is 1. The third-order valence-corrected chi connectivity index (χ3v) is 5.42. The maximum absolute atomic E-state index is 4.80. The Morgan fingerprint density at radius 3 is 2.81 bits per heavy atom. The van der Waals surface area contributed by atoms with Gasteiger partial charge in [-0.3, -0.25) is 0 Å². The van der Waals surface area contributed by atoms with Crippen molar-refractivity contribution in [2.45, 2.75) is 53.2 Å². The van der Waals surface area contributed by atoms with E-state index in [1.807, 2.05) is 22.7 Å². The van der Waals surface area contributed by atoms with Crippen LogP contribution in [0.3, 0.4) is 0 Å². The Morgan fingerprint density at radius 2 is 2.19 bits per heavy atom. The van der Waals surface area contributed by atoms with Gasteiger partial charge in [-0.05, 0) is 45.2 Å². The molecule has 0 saturated heterocycles. The quantitative estimate of drug-likeness (QED) is 0.729. The number of aryl methyl sites for hydroxylation is 1. The summed E-state index contributed by atoms with van der Waals surface area (Å²) >= 11 is 3.64. The summed E-state index contributed by atoms with van der Waals surface area (Å²) in [5.41, 5.74) is 1.16. The van der Waals surface area contributed by atoms with E-state index < -0.39 is 0 Å². The van der Waals surface area contributed by atoms with Crippen LogP contribution in [-0.2, 0) is 13.1 Å². The van der Waals surface area contributed by atoms with Crippen LogP contribution >= 0.6 is 22.7 Å². The van der Waals surface area contributed by atoms with E-state index in [0.717, 1.165) is 30.5 Å². The topological polar surface area (TPSA) is 28.2 Å². The zero-order valence-corrected chi connectivity index (χ0v) is 15.0. The Hall–Kier alpha value is -0.910. The summed E-state index contributed by atoms with van der Waals surface area (Å²) in [7, 11) is 0.